The number of ether oxygens (including phenoxy) is 2. The molecule has 4 heterocycles. The second-order valence-corrected chi connectivity index (χ2v) is 10.5. The number of aromatic nitrogens is 5. The van der Waals surface area contributed by atoms with Crippen LogP contribution < -0.4 is 15.2 Å². The van der Waals surface area contributed by atoms with E-state index < -0.39 is 6.04 Å². The molecule has 2 aromatic heterocycles. The summed E-state index contributed by atoms with van der Waals surface area (Å²) in [7, 11) is 1.70. The quantitative estimate of drug-likeness (QED) is 0.390. The summed E-state index contributed by atoms with van der Waals surface area (Å²) in [6, 6.07) is 13.9. The predicted molar refractivity (Wildman–Crippen MR) is 149 cm³/mol. The summed E-state index contributed by atoms with van der Waals surface area (Å²) in [4.78, 5) is 21.5. The van der Waals surface area contributed by atoms with Crippen molar-refractivity contribution in [3.05, 3.63) is 75.3 Å². The Kier molecular flexibility index (Phi) is 7.05. The zero-order valence-corrected chi connectivity index (χ0v) is 22.8. The number of nitrogens with zero attached hydrogens (tertiary/aromatic N) is 6. The third-order valence-corrected chi connectivity index (χ3v) is 7.95. The average molecular weight is 530 g/mol. The molecule has 6 rings (SSSR count). The minimum absolute atomic E-state index is 0.0791. The number of benzene rings is 2. The molecule has 0 bridgehead atoms. The molecule has 0 aliphatic carbocycles. The van der Waals surface area contributed by atoms with E-state index >= 15 is 0 Å². The number of methoxy groups -OCH3 is 1. The van der Waals surface area contributed by atoms with Crippen LogP contribution in [0, 0.1) is 13.8 Å². The zero-order valence-electron chi connectivity index (χ0n) is 22.8. The van der Waals surface area contributed by atoms with Gasteiger partial charge in [-0.3, -0.25) is 9.69 Å². The first kappa shape index (κ1) is 25.5. The molecule has 4 aromatic rings. The van der Waals surface area contributed by atoms with Crippen molar-refractivity contribution < 1.29 is 9.47 Å². The first-order chi connectivity index (χ1) is 19.0. The molecule has 2 atom stereocenters. The van der Waals surface area contributed by atoms with Crippen LogP contribution in [0.5, 0.6) is 5.75 Å². The van der Waals surface area contributed by atoms with E-state index in [9.17, 15) is 4.79 Å². The standard InChI is InChI=1S/C29H35N7O3/c1-19-15-20(2)22-17-23(29(37)30-24(22)16-19)27(28-31-32-33-36(28)18-21-7-6-14-39-21)35-12-10-34(11-13-35)25-8-4-5-9-26(25)38-3/h4-5,8-9,15-17,21,27H,6-7,10-14,18H2,1-3H3,(H,30,37)/t21-,27+/m0/s1. The van der Waals surface area contributed by atoms with Crippen LogP contribution >= 0.6 is 0 Å². The fourth-order valence-corrected chi connectivity index (χ4v) is 6.02. The summed E-state index contributed by atoms with van der Waals surface area (Å²) >= 11 is 0. The molecule has 10 nitrogen and oxygen atoms in total. The molecular formula is C29H35N7O3. The number of piperazine rings is 1. The van der Waals surface area contributed by atoms with Crippen molar-refractivity contribution in [2.45, 2.75) is 45.4 Å². The summed E-state index contributed by atoms with van der Waals surface area (Å²) in [6.45, 7) is 8.51. The van der Waals surface area contributed by atoms with Gasteiger partial charge in [0.2, 0.25) is 0 Å². The van der Waals surface area contributed by atoms with Gasteiger partial charge in [0.1, 0.15) is 11.8 Å². The van der Waals surface area contributed by atoms with Crippen molar-refractivity contribution in [2.75, 3.05) is 44.8 Å². The fraction of sp³-hybridized carbons (Fsp3) is 0.448. The van der Waals surface area contributed by atoms with Crippen LogP contribution in [0.3, 0.4) is 0 Å². The third kappa shape index (κ3) is 5.02. The number of hydrogen-bond donors (Lipinski definition) is 1. The van der Waals surface area contributed by atoms with E-state index in [4.69, 9.17) is 9.47 Å². The monoisotopic (exact) mass is 529 g/mol. The van der Waals surface area contributed by atoms with Crippen LogP contribution in [0.15, 0.2) is 47.3 Å². The SMILES string of the molecule is COc1ccccc1N1CCN([C@H](c2cc3c(C)cc(C)cc3[nH]c2=O)c2nnnn2C[C@@H]2CCCO2)CC1. The minimum Gasteiger partial charge on any atom is -0.495 e. The number of rotatable bonds is 7. The van der Waals surface area contributed by atoms with E-state index in [1.807, 2.05) is 41.9 Å². The summed E-state index contributed by atoms with van der Waals surface area (Å²) in [5.74, 6) is 1.53. The Hall–Kier alpha value is -3.76. The highest BCUT2D eigenvalue weighted by atomic mass is 16.5. The lowest BCUT2D eigenvalue weighted by molar-refractivity contribution is 0.0906. The van der Waals surface area contributed by atoms with E-state index in [0.29, 0.717) is 17.9 Å². The molecule has 39 heavy (non-hydrogen) atoms. The van der Waals surface area contributed by atoms with Gasteiger partial charge >= 0.3 is 0 Å². The Morgan fingerprint density at radius 1 is 1.13 bits per heavy atom. The summed E-state index contributed by atoms with van der Waals surface area (Å²) < 4.78 is 13.3. The van der Waals surface area contributed by atoms with E-state index in [1.165, 1.54) is 0 Å². The van der Waals surface area contributed by atoms with E-state index in [-0.39, 0.29) is 11.7 Å². The molecule has 2 aliphatic heterocycles. The number of pyridine rings is 1. The van der Waals surface area contributed by atoms with E-state index in [0.717, 1.165) is 79.1 Å². The number of para-hydroxylation sites is 2. The van der Waals surface area contributed by atoms with Crippen LogP contribution in [0.25, 0.3) is 10.9 Å². The van der Waals surface area contributed by atoms with Crippen LogP contribution in [-0.4, -0.2) is 76.1 Å². The van der Waals surface area contributed by atoms with Crippen molar-refractivity contribution in [3.8, 4) is 5.75 Å². The molecule has 10 heteroatoms. The average Bonchev–Trinajstić information content (AvgIpc) is 3.62. The van der Waals surface area contributed by atoms with Gasteiger partial charge in [0.25, 0.3) is 5.56 Å². The molecular weight excluding hydrogens is 494 g/mol. The van der Waals surface area contributed by atoms with Gasteiger partial charge < -0.3 is 19.4 Å². The summed E-state index contributed by atoms with van der Waals surface area (Å²) in [5, 5.41) is 13.9. The fourth-order valence-electron chi connectivity index (χ4n) is 6.02. The van der Waals surface area contributed by atoms with Crippen LogP contribution in [0.4, 0.5) is 5.69 Å². The van der Waals surface area contributed by atoms with Crippen LogP contribution in [-0.2, 0) is 11.3 Å². The van der Waals surface area contributed by atoms with Crippen molar-refractivity contribution in [1.29, 1.82) is 0 Å². The van der Waals surface area contributed by atoms with Gasteiger partial charge in [0.05, 0.1) is 25.4 Å². The Morgan fingerprint density at radius 3 is 2.72 bits per heavy atom. The Bertz CT molecular complexity index is 1520. The summed E-state index contributed by atoms with van der Waals surface area (Å²) in [5.41, 5.74) is 4.71. The smallest absolute Gasteiger partial charge is 0.253 e. The first-order valence-corrected chi connectivity index (χ1v) is 13.7. The Morgan fingerprint density at radius 2 is 1.95 bits per heavy atom. The van der Waals surface area contributed by atoms with Crippen LogP contribution in [0.2, 0.25) is 0 Å². The van der Waals surface area contributed by atoms with Crippen molar-refractivity contribution >= 4 is 16.6 Å². The van der Waals surface area contributed by atoms with E-state index in [2.05, 4.69) is 49.4 Å². The van der Waals surface area contributed by atoms with Gasteiger partial charge in [-0.15, -0.1) is 5.10 Å². The molecule has 2 fully saturated rings. The third-order valence-electron chi connectivity index (χ3n) is 7.95. The lowest BCUT2D eigenvalue weighted by Crippen LogP contribution is -2.49. The Balaban J connectivity index is 1.38. The maximum Gasteiger partial charge on any atom is 0.253 e. The number of fused-ring (bicyclic) bond motifs is 1. The highest BCUT2D eigenvalue weighted by Gasteiger charge is 2.34. The molecule has 0 radical (unpaired) electrons. The van der Waals surface area contributed by atoms with Crippen molar-refractivity contribution in [1.82, 2.24) is 30.1 Å². The lowest BCUT2D eigenvalue weighted by atomic mass is 9.99. The topological polar surface area (TPSA) is 101 Å². The molecule has 204 valence electrons. The number of aromatic amines is 1. The molecule has 1 N–H and O–H groups in total. The number of H-pyrrole nitrogens is 1. The molecule has 0 amide bonds. The molecule has 0 saturated carbocycles. The molecule has 0 spiro atoms. The Labute approximate surface area is 227 Å². The molecule has 2 saturated heterocycles. The van der Waals surface area contributed by atoms with Gasteiger partial charge in [-0.2, -0.15) is 0 Å². The zero-order chi connectivity index (χ0) is 26.9. The minimum atomic E-state index is -0.393. The number of hydrogen-bond acceptors (Lipinski definition) is 8. The van der Waals surface area contributed by atoms with Gasteiger partial charge in [-0.25, -0.2) is 4.68 Å². The first-order valence-electron chi connectivity index (χ1n) is 13.7. The number of nitrogens with one attached hydrogen (secondary N) is 1. The predicted octanol–water partition coefficient (Wildman–Crippen LogP) is 3.23. The molecule has 0 unspecified atom stereocenters. The van der Waals surface area contributed by atoms with Crippen LogP contribution in [0.1, 0.15) is 41.4 Å². The van der Waals surface area contributed by atoms with Gasteiger partial charge in [-0.05, 0) is 72.5 Å². The maximum absolute atomic E-state index is 13.6. The second kappa shape index (κ2) is 10.8. The number of aryl methyl sites for hydroxylation is 2. The maximum atomic E-state index is 13.6. The highest BCUT2D eigenvalue weighted by Crippen LogP contribution is 2.33. The lowest BCUT2D eigenvalue weighted by Gasteiger charge is -2.40. The van der Waals surface area contributed by atoms with E-state index in [1.54, 1.807) is 7.11 Å². The highest BCUT2D eigenvalue weighted by molar-refractivity contribution is 5.83. The summed E-state index contributed by atoms with van der Waals surface area (Å²) in [6.07, 6.45) is 2.10. The second-order valence-electron chi connectivity index (χ2n) is 10.5. The molecule has 2 aliphatic rings. The number of tetrazole rings is 1. The normalized spacial score (nSPS) is 19.1. The van der Waals surface area contributed by atoms with Gasteiger partial charge in [-0.1, -0.05) is 18.2 Å². The largest absolute Gasteiger partial charge is 0.495 e. The van der Waals surface area contributed by atoms with Crippen molar-refractivity contribution in [2.24, 2.45) is 0 Å². The van der Waals surface area contributed by atoms with Gasteiger partial charge in [0.15, 0.2) is 5.82 Å². The van der Waals surface area contributed by atoms with Gasteiger partial charge in [0, 0.05) is 49.3 Å². The number of anilines is 1. The van der Waals surface area contributed by atoms with Crippen molar-refractivity contribution in [3.63, 3.8) is 0 Å². The molecule has 2 aromatic carbocycles.